The van der Waals surface area contributed by atoms with Crippen LogP contribution in [0.3, 0.4) is 0 Å². The predicted molar refractivity (Wildman–Crippen MR) is 108 cm³/mol. The molecule has 0 unspecified atom stereocenters. The average Bonchev–Trinajstić information content (AvgIpc) is 2.62. The van der Waals surface area contributed by atoms with Crippen molar-refractivity contribution < 1.29 is 14.2 Å². The van der Waals surface area contributed by atoms with Crippen LogP contribution in [0.5, 0.6) is 0 Å². The molecule has 0 bridgehead atoms. The van der Waals surface area contributed by atoms with Crippen molar-refractivity contribution in [2.75, 3.05) is 20.8 Å². The molecular weight excluding hydrogens is 364 g/mol. The second kappa shape index (κ2) is 8.48. The number of ether oxygens (including phenoxy) is 3. The van der Waals surface area contributed by atoms with E-state index >= 15 is 0 Å². The minimum atomic E-state index is -0.903. The SMILES string of the molecule is COC(COCn1c(-c2ccccc2)c(C)c(=O)[nH]c1=S)(OC)C(C)(C)C. The first-order valence-electron chi connectivity index (χ1n) is 8.74. The van der Waals surface area contributed by atoms with Crippen molar-refractivity contribution >= 4 is 12.2 Å². The number of benzene rings is 1. The van der Waals surface area contributed by atoms with Gasteiger partial charge in [0, 0.05) is 25.2 Å². The van der Waals surface area contributed by atoms with Gasteiger partial charge in [-0.05, 0) is 24.7 Å². The van der Waals surface area contributed by atoms with Crippen LogP contribution in [-0.4, -0.2) is 36.2 Å². The van der Waals surface area contributed by atoms with Crippen LogP contribution in [0.4, 0.5) is 0 Å². The van der Waals surface area contributed by atoms with Gasteiger partial charge < -0.3 is 14.2 Å². The lowest BCUT2D eigenvalue weighted by Gasteiger charge is -2.41. The van der Waals surface area contributed by atoms with Gasteiger partial charge in [-0.25, -0.2) is 0 Å². The van der Waals surface area contributed by atoms with Crippen LogP contribution in [-0.2, 0) is 20.9 Å². The average molecular weight is 393 g/mol. The van der Waals surface area contributed by atoms with Crippen LogP contribution < -0.4 is 5.56 Å². The van der Waals surface area contributed by atoms with Gasteiger partial charge in [0.1, 0.15) is 13.3 Å². The zero-order chi connectivity index (χ0) is 20.2. The zero-order valence-electron chi connectivity index (χ0n) is 16.8. The van der Waals surface area contributed by atoms with Crippen LogP contribution in [0.2, 0.25) is 0 Å². The fourth-order valence-corrected chi connectivity index (χ4v) is 3.30. The van der Waals surface area contributed by atoms with Crippen molar-refractivity contribution in [1.82, 2.24) is 9.55 Å². The number of hydrogen-bond acceptors (Lipinski definition) is 5. The van der Waals surface area contributed by atoms with Gasteiger partial charge in [0.25, 0.3) is 5.56 Å². The number of methoxy groups -OCH3 is 2. The molecule has 0 saturated heterocycles. The lowest BCUT2D eigenvalue weighted by atomic mass is 9.85. The minimum Gasteiger partial charge on any atom is -0.355 e. The van der Waals surface area contributed by atoms with Crippen LogP contribution >= 0.6 is 12.2 Å². The summed E-state index contributed by atoms with van der Waals surface area (Å²) < 4.78 is 19.3. The molecule has 2 aromatic rings. The topological polar surface area (TPSA) is 65.5 Å². The standard InChI is InChI=1S/C20H28N2O4S/c1-14-16(15-10-8-7-9-11-15)22(18(27)21-17(14)23)13-26-12-20(24-5,25-6)19(2,3)4/h7-11H,12-13H2,1-6H3,(H,21,23,27). The Labute approximate surface area is 165 Å². The molecule has 27 heavy (non-hydrogen) atoms. The summed E-state index contributed by atoms with van der Waals surface area (Å²) in [5, 5.41) is 0. The molecule has 7 heteroatoms. The fraction of sp³-hybridized carbons (Fsp3) is 0.500. The fourth-order valence-electron chi connectivity index (χ4n) is 3.06. The van der Waals surface area contributed by atoms with E-state index in [0.29, 0.717) is 10.3 Å². The van der Waals surface area contributed by atoms with Gasteiger partial charge in [-0.15, -0.1) is 0 Å². The Bertz CT molecular complexity index is 878. The number of aromatic nitrogens is 2. The van der Waals surface area contributed by atoms with Gasteiger partial charge in [0.15, 0.2) is 10.6 Å². The third kappa shape index (κ3) is 4.38. The summed E-state index contributed by atoms with van der Waals surface area (Å²) in [5.41, 5.74) is 1.71. The summed E-state index contributed by atoms with van der Waals surface area (Å²) in [7, 11) is 3.20. The van der Waals surface area contributed by atoms with E-state index in [1.54, 1.807) is 25.7 Å². The molecule has 1 N–H and O–H groups in total. The van der Waals surface area contributed by atoms with Gasteiger partial charge in [0.2, 0.25) is 0 Å². The molecule has 0 radical (unpaired) electrons. The van der Waals surface area contributed by atoms with Gasteiger partial charge >= 0.3 is 0 Å². The quantitative estimate of drug-likeness (QED) is 0.572. The van der Waals surface area contributed by atoms with Crippen LogP contribution in [0.1, 0.15) is 26.3 Å². The second-order valence-electron chi connectivity index (χ2n) is 7.42. The molecule has 0 saturated carbocycles. The van der Waals surface area contributed by atoms with Gasteiger partial charge in [-0.2, -0.15) is 0 Å². The molecule has 148 valence electrons. The van der Waals surface area contributed by atoms with Crippen molar-refractivity contribution in [3.63, 3.8) is 0 Å². The van der Waals surface area contributed by atoms with Crippen LogP contribution in [0.15, 0.2) is 35.1 Å². The largest absolute Gasteiger partial charge is 0.355 e. The highest BCUT2D eigenvalue weighted by molar-refractivity contribution is 7.71. The number of nitrogens with one attached hydrogen (secondary N) is 1. The molecule has 1 aromatic carbocycles. The van der Waals surface area contributed by atoms with Crippen LogP contribution in [0.25, 0.3) is 11.3 Å². The molecule has 0 amide bonds. The minimum absolute atomic E-state index is 0.158. The van der Waals surface area contributed by atoms with E-state index < -0.39 is 5.79 Å². The van der Waals surface area contributed by atoms with E-state index in [-0.39, 0.29) is 24.3 Å². The Morgan fingerprint density at radius 2 is 1.70 bits per heavy atom. The molecule has 0 aliphatic rings. The van der Waals surface area contributed by atoms with Gasteiger partial charge in [-0.1, -0.05) is 51.1 Å². The second-order valence-corrected chi connectivity index (χ2v) is 7.80. The van der Waals surface area contributed by atoms with E-state index in [1.807, 2.05) is 51.1 Å². The number of H-pyrrole nitrogens is 1. The van der Waals surface area contributed by atoms with E-state index in [4.69, 9.17) is 26.4 Å². The summed E-state index contributed by atoms with van der Waals surface area (Å²) in [4.78, 5) is 14.9. The number of aromatic amines is 1. The zero-order valence-corrected chi connectivity index (χ0v) is 17.6. The summed E-state index contributed by atoms with van der Waals surface area (Å²) in [6.07, 6.45) is 0. The molecule has 6 nitrogen and oxygen atoms in total. The van der Waals surface area contributed by atoms with Crippen molar-refractivity contribution in [2.24, 2.45) is 5.41 Å². The summed E-state index contributed by atoms with van der Waals surface area (Å²) in [6.45, 7) is 8.21. The number of rotatable bonds is 7. The number of nitrogens with zero attached hydrogens (tertiary/aromatic N) is 1. The monoisotopic (exact) mass is 392 g/mol. The van der Waals surface area contributed by atoms with Crippen molar-refractivity contribution in [3.8, 4) is 11.3 Å². The highest BCUT2D eigenvalue weighted by Gasteiger charge is 2.43. The van der Waals surface area contributed by atoms with Crippen molar-refractivity contribution in [2.45, 2.75) is 40.2 Å². The molecule has 1 aromatic heterocycles. The van der Waals surface area contributed by atoms with Gasteiger partial charge in [-0.3, -0.25) is 14.3 Å². The highest BCUT2D eigenvalue weighted by atomic mass is 32.1. The van der Waals surface area contributed by atoms with E-state index in [0.717, 1.165) is 11.3 Å². The third-order valence-corrected chi connectivity index (χ3v) is 5.12. The Hall–Kier alpha value is -1.80. The van der Waals surface area contributed by atoms with E-state index in [9.17, 15) is 4.79 Å². The molecule has 0 aliphatic heterocycles. The van der Waals surface area contributed by atoms with Crippen LogP contribution in [0, 0.1) is 17.1 Å². The normalized spacial score (nSPS) is 12.4. The first kappa shape index (κ1) is 21.5. The van der Waals surface area contributed by atoms with Crippen molar-refractivity contribution in [1.29, 1.82) is 0 Å². The molecule has 0 aliphatic carbocycles. The molecule has 1 heterocycles. The maximum absolute atomic E-state index is 12.2. The Morgan fingerprint density at radius 3 is 2.22 bits per heavy atom. The predicted octanol–water partition coefficient (Wildman–Crippen LogP) is 3.89. The molecular formula is C20H28N2O4S. The maximum atomic E-state index is 12.2. The van der Waals surface area contributed by atoms with Crippen molar-refractivity contribution in [3.05, 3.63) is 51.0 Å². The first-order chi connectivity index (χ1) is 12.7. The first-order valence-corrected chi connectivity index (χ1v) is 9.15. The lowest BCUT2D eigenvalue weighted by Crippen LogP contribution is -2.50. The summed E-state index contributed by atoms with van der Waals surface area (Å²) in [5.74, 6) is -0.903. The summed E-state index contributed by atoms with van der Waals surface area (Å²) in [6, 6.07) is 9.65. The van der Waals surface area contributed by atoms with E-state index in [2.05, 4.69) is 4.98 Å². The Kier molecular flexibility index (Phi) is 6.75. The molecule has 0 fully saturated rings. The van der Waals surface area contributed by atoms with E-state index in [1.165, 1.54) is 0 Å². The lowest BCUT2D eigenvalue weighted by molar-refractivity contribution is -0.289. The summed E-state index contributed by atoms with van der Waals surface area (Å²) >= 11 is 5.39. The highest BCUT2D eigenvalue weighted by Crippen LogP contribution is 2.34. The maximum Gasteiger partial charge on any atom is 0.255 e. The Morgan fingerprint density at radius 1 is 1.11 bits per heavy atom. The molecule has 2 rings (SSSR count). The smallest absolute Gasteiger partial charge is 0.255 e. The Balaban J connectivity index is 2.39. The third-order valence-electron chi connectivity index (χ3n) is 4.79. The van der Waals surface area contributed by atoms with Gasteiger partial charge in [0.05, 0.1) is 5.69 Å². The molecule has 0 spiro atoms. The number of hydrogen-bond donors (Lipinski definition) is 1. The molecule has 0 atom stereocenters.